The van der Waals surface area contributed by atoms with E-state index in [-0.39, 0.29) is 17.7 Å². The zero-order valence-electron chi connectivity index (χ0n) is 17.1. The second kappa shape index (κ2) is 8.31. The van der Waals surface area contributed by atoms with E-state index in [1.165, 1.54) is 18.3 Å². The van der Waals surface area contributed by atoms with E-state index in [0.717, 1.165) is 18.9 Å². The van der Waals surface area contributed by atoms with Crippen molar-refractivity contribution in [2.24, 2.45) is 0 Å². The molecule has 3 rings (SSSR count). The fraction of sp³-hybridized carbons (Fsp3) is 0.476. The first-order chi connectivity index (χ1) is 13.6. The van der Waals surface area contributed by atoms with Gasteiger partial charge in [0.25, 0.3) is 0 Å². The Kier molecular flexibility index (Phi) is 6.00. The number of hydrogen-bond acceptors (Lipinski definition) is 5. The van der Waals surface area contributed by atoms with Crippen LogP contribution < -0.4 is 5.32 Å². The van der Waals surface area contributed by atoms with Gasteiger partial charge in [-0.25, -0.2) is 23.5 Å². The van der Waals surface area contributed by atoms with E-state index in [2.05, 4.69) is 15.3 Å². The number of benzene rings is 1. The number of carbonyl (C=O) groups excluding carboxylic acids is 1. The van der Waals surface area contributed by atoms with Crippen molar-refractivity contribution in [2.75, 3.05) is 18.4 Å². The van der Waals surface area contributed by atoms with Gasteiger partial charge in [-0.15, -0.1) is 0 Å². The molecule has 1 saturated heterocycles. The molecule has 1 aromatic heterocycles. The summed E-state index contributed by atoms with van der Waals surface area (Å²) in [5, 5.41) is 3.15. The average Bonchev–Trinajstić information content (AvgIpc) is 3.08. The molecule has 2 aromatic rings. The van der Waals surface area contributed by atoms with Crippen molar-refractivity contribution in [3.05, 3.63) is 41.7 Å². The maximum atomic E-state index is 14.0. The van der Waals surface area contributed by atoms with Crippen LogP contribution in [0.1, 0.15) is 39.3 Å². The van der Waals surface area contributed by atoms with Crippen LogP contribution >= 0.6 is 0 Å². The van der Waals surface area contributed by atoms with Crippen LogP contribution in [0.5, 0.6) is 0 Å². The molecule has 6 nitrogen and oxygen atoms in total. The summed E-state index contributed by atoms with van der Waals surface area (Å²) in [5.41, 5.74) is 0.790. The highest BCUT2D eigenvalue weighted by Crippen LogP contribution is 2.26. The van der Waals surface area contributed by atoms with Crippen molar-refractivity contribution in [3.63, 3.8) is 0 Å². The number of hydrogen-bond donors (Lipinski definition) is 1. The van der Waals surface area contributed by atoms with Gasteiger partial charge in [0.05, 0.1) is 11.7 Å². The Hall–Kier alpha value is -2.77. The van der Waals surface area contributed by atoms with Gasteiger partial charge in [-0.05, 0) is 52.7 Å². The number of carbonyl (C=O) groups is 1. The molecule has 0 radical (unpaired) electrons. The first-order valence-electron chi connectivity index (χ1n) is 9.66. The van der Waals surface area contributed by atoms with Crippen LogP contribution in [0.2, 0.25) is 0 Å². The molecule has 1 aliphatic rings. The fourth-order valence-electron chi connectivity index (χ4n) is 3.34. The molecule has 1 fully saturated rings. The summed E-state index contributed by atoms with van der Waals surface area (Å²) in [7, 11) is 0. The monoisotopic (exact) mass is 404 g/mol. The molecule has 1 N–H and O–H groups in total. The molecule has 0 bridgehead atoms. The van der Waals surface area contributed by atoms with Crippen molar-refractivity contribution in [1.29, 1.82) is 0 Å². The second-order valence-corrected chi connectivity index (χ2v) is 8.17. The summed E-state index contributed by atoms with van der Waals surface area (Å²) < 4.78 is 32.7. The maximum absolute atomic E-state index is 14.0. The summed E-state index contributed by atoms with van der Waals surface area (Å²) in [6.07, 6.45) is 2.97. The highest BCUT2D eigenvalue weighted by Gasteiger charge is 2.32. The second-order valence-electron chi connectivity index (χ2n) is 8.17. The van der Waals surface area contributed by atoms with Crippen LogP contribution in [-0.4, -0.2) is 45.7 Å². The number of nitrogens with zero attached hydrogens (tertiary/aromatic N) is 3. The number of ether oxygens (including phenoxy) is 1. The Morgan fingerprint density at radius 1 is 1.31 bits per heavy atom. The SMILES string of the molecule is Cc1nc(NCC2CCCN2C(=O)OC(C)(C)C)ncc1-c1ccc(F)cc1F. The molecule has 1 aliphatic heterocycles. The van der Waals surface area contributed by atoms with Crippen LogP contribution in [0.15, 0.2) is 24.4 Å². The van der Waals surface area contributed by atoms with Gasteiger partial charge < -0.3 is 15.0 Å². The topological polar surface area (TPSA) is 67.4 Å². The summed E-state index contributed by atoms with van der Waals surface area (Å²) in [6.45, 7) is 8.42. The van der Waals surface area contributed by atoms with E-state index >= 15 is 0 Å². The molecule has 0 spiro atoms. The standard InChI is InChI=1S/C21H26F2N4O2/c1-13-17(16-8-7-14(22)10-18(16)23)12-25-19(26-13)24-11-15-6-5-9-27(15)20(28)29-21(2,3)4/h7-8,10,12,15H,5-6,9,11H2,1-4H3,(H,24,25,26). The van der Waals surface area contributed by atoms with Crippen molar-refractivity contribution in [1.82, 2.24) is 14.9 Å². The van der Waals surface area contributed by atoms with Crippen LogP contribution in [0, 0.1) is 18.6 Å². The first-order valence-corrected chi connectivity index (χ1v) is 9.66. The van der Waals surface area contributed by atoms with Crippen LogP contribution in [0.25, 0.3) is 11.1 Å². The molecule has 1 unspecified atom stereocenters. The summed E-state index contributed by atoms with van der Waals surface area (Å²) in [5.74, 6) is -0.893. The molecule has 1 atom stereocenters. The summed E-state index contributed by atoms with van der Waals surface area (Å²) >= 11 is 0. The minimum Gasteiger partial charge on any atom is -0.444 e. The minimum atomic E-state index is -0.656. The van der Waals surface area contributed by atoms with E-state index < -0.39 is 17.2 Å². The van der Waals surface area contributed by atoms with Crippen LogP contribution in [0.4, 0.5) is 19.5 Å². The van der Waals surface area contributed by atoms with Crippen LogP contribution in [-0.2, 0) is 4.74 Å². The summed E-state index contributed by atoms with van der Waals surface area (Å²) in [4.78, 5) is 22.7. The summed E-state index contributed by atoms with van der Waals surface area (Å²) in [6, 6.07) is 3.41. The van der Waals surface area contributed by atoms with Crippen molar-refractivity contribution >= 4 is 12.0 Å². The fourth-order valence-corrected chi connectivity index (χ4v) is 3.34. The van der Waals surface area contributed by atoms with Gasteiger partial charge in [0.15, 0.2) is 0 Å². The number of anilines is 1. The van der Waals surface area contributed by atoms with Gasteiger partial charge in [-0.3, -0.25) is 0 Å². The number of likely N-dealkylation sites (tertiary alicyclic amines) is 1. The number of aromatic nitrogens is 2. The van der Waals surface area contributed by atoms with Crippen molar-refractivity contribution in [3.8, 4) is 11.1 Å². The van der Waals surface area contributed by atoms with Gasteiger partial charge in [-0.2, -0.15) is 0 Å². The molecule has 8 heteroatoms. The lowest BCUT2D eigenvalue weighted by Crippen LogP contribution is -2.42. The number of aryl methyl sites for hydroxylation is 1. The lowest BCUT2D eigenvalue weighted by Gasteiger charge is -2.28. The third-order valence-electron chi connectivity index (χ3n) is 4.70. The average molecular weight is 404 g/mol. The molecule has 29 heavy (non-hydrogen) atoms. The zero-order valence-corrected chi connectivity index (χ0v) is 17.1. The quantitative estimate of drug-likeness (QED) is 0.810. The number of nitrogens with one attached hydrogen (secondary N) is 1. The molecular formula is C21H26F2N4O2. The van der Waals surface area contributed by atoms with E-state index in [1.54, 1.807) is 11.8 Å². The van der Waals surface area contributed by atoms with Crippen molar-refractivity contribution < 1.29 is 18.3 Å². The van der Waals surface area contributed by atoms with E-state index in [0.29, 0.717) is 30.3 Å². The molecule has 0 aliphatic carbocycles. The molecule has 0 saturated carbocycles. The Bertz CT molecular complexity index is 899. The van der Waals surface area contributed by atoms with E-state index in [1.807, 2.05) is 20.8 Å². The number of halogens is 2. The van der Waals surface area contributed by atoms with Crippen molar-refractivity contribution in [2.45, 2.75) is 52.2 Å². The van der Waals surface area contributed by atoms with E-state index in [4.69, 9.17) is 4.74 Å². The molecule has 156 valence electrons. The highest BCUT2D eigenvalue weighted by atomic mass is 19.1. The predicted molar refractivity (Wildman–Crippen MR) is 107 cm³/mol. The lowest BCUT2D eigenvalue weighted by molar-refractivity contribution is 0.0235. The van der Waals surface area contributed by atoms with Gasteiger partial charge in [-0.1, -0.05) is 0 Å². The van der Waals surface area contributed by atoms with Crippen LogP contribution in [0.3, 0.4) is 0 Å². The Morgan fingerprint density at radius 2 is 2.07 bits per heavy atom. The zero-order chi connectivity index (χ0) is 21.2. The third kappa shape index (κ3) is 5.19. The largest absolute Gasteiger partial charge is 0.444 e. The minimum absolute atomic E-state index is 0.0111. The van der Waals surface area contributed by atoms with Gasteiger partial charge in [0.2, 0.25) is 5.95 Å². The Morgan fingerprint density at radius 3 is 2.72 bits per heavy atom. The van der Waals surface area contributed by atoms with E-state index in [9.17, 15) is 13.6 Å². The molecule has 1 amide bonds. The van der Waals surface area contributed by atoms with Gasteiger partial charge in [0.1, 0.15) is 17.2 Å². The Labute approximate surface area is 169 Å². The predicted octanol–water partition coefficient (Wildman–Crippen LogP) is 4.54. The molecule has 2 heterocycles. The smallest absolute Gasteiger partial charge is 0.410 e. The maximum Gasteiger partial charge on any atom is 0.410 e. The number of amides is 1. The normalized spacial score (nSPS) is 16.8. The molecular weight excluding hydrogens is 378 g/mol. The Balaban J connectivity index is 1.66. The third-order valence-corrected chi connectivity index (χ3v) is 4.70. The first kappa shape index (κ1) is 21.0. The molecule has 1 aromatic carbocycles. The van der Waals surface area contributed by atoms with Gasteiger partial charge in [0, 0.05) is 36.5 Å². The van der Waals surface area contributed by atoms with Gasteiger partial charge >= 0.3 is 6.09 Å². The highest BCUT2D eigenvalue weighted by molar-refractivity contribution is 5.69. The number of rotatable bonds is 4. The lowest BCUT2D eigenvalue weighted by atomic mass is 10.1.